The summed E-state index contributed by atoms with van der Waals surface area (Å²) in [7, 11) is 0. The molecular weight excluding hydrogens is 250 g/mol. The minimum absolute atomic E-state index is 0.386. The molecule has 106 valence electrons. The first-order valence-corrected chi connectivity index (χ1v) is 7.34. The van der Waals surface area contributed by atoms with E-state index >= 15 is 0 Å². The second kappa shape index (κ2) is 6.09. The number of aromatic nitrogens is 2. The largest absolute Gasteiger partial charge is 0.382 e. The summed E-state index contributed by atoms with van der Waals surface area (Å²) in [5.74, 6) is 0.579. The van der Waals surface area contributed by atoms with E-state index in [2.05, 4.69) is 22.3 Å². The molecule has 1 fully saturated rings. The van der Waals surface area contributed by atoms with Crippen molar-refractivity contribution in [2.45, 2.75) is 38.2 Å². The van der Waals surface area contributed by atoms with E-state index in [9.17, 15) is 0 Å². The molecule has 0 bridgehead atoms. The Bertz CT molecular complexity index is 544. The SMILES string of the molecule is Nc1n[nH]c(CCC2CCCCO2)c1-c1ccccc1. The Labute approximate surface area is 119 Å². The van der Waals surface area contributed by atoms with Gasteiger partial charge in [0.25, 0.3) is 0 Å². The highest BCUT2D eigenvalue weighted by molar-refractivity contribution is 5.76. The van der Waals surface area contributed by atoms with Crippen LogP contribution in [0.25, 0.3) is 11.1 Å². The molecule has 4 nitrogen and oxygen atoms in total. The number of nitrogen functional groups attached to an aromatic ring is 1. The van der Waals surface area contributed by atoms with Crippen LogP contribution in [0.15, 0.2) is 30.3 Å². The lowest BCUT2D eigenvalue weighted by Crippen LogP contribution is -2.19. The Morgan fingerprint density at radius 3 is 2.85 bits per heavy atom. The number of nitrogens with zero attached hydrogens (tertiary/aromatic N) is 1. The van der Waals surface area contributed by atoms with Gasteiger partial charge in [-0.25, -0.2) is 0 Å². The molecule has 0 radical (unpaired) electrons. The maximum Gasteiger partial charge on any atom is 0.153 e. The Hall–Kier alpha value is -1.81. The van der Waals surface area contributed by atoms with Gasteiger partial charge in [0.05, 0.1) is 6.10 Å². The van der Waals surface area contributed by atoms with E-state index in [-0.39, 0.29) is 0 Å². The molecule has 0 saturated carbocycles. The van der Waals surface area contributed by atoms with Crippen molar-refractivity contribution in [3.63, 3.8) is 0 Å². The molecule has 1 unspecified atom stereocenters. The summed E-state index contributed by atoms with van der Waals surface area (Å²) in [6.45, 7) is 0.904. The second-order valence-electron chi connectivity index (χ2n) is 5.36. The molecular formula is C16H21N3O. The summed E-state index contributed by atoms with van der Waals surface area (Å²) in [6.07, 6.45) is 5.99. The first-order chi connectivity index (χ1) is 9.84. The lowest BCUT2D eigenvalue weighted by Gasteiger charge is -2.22. The molecule has 3 rings (SSSR count). The van der Waals surface area contributed by atoms with Gasteiger partial charge in [0.15, 0.2) is 5.82 Å². The summed E-state index contributed by atoms with van der Waals surface area (Å²) in [6, 6.07) is 10.2. The number of hydrogen-bond acceptors (Lipinski definition) is 3. The minimum Gasteiger partial charge on any atom is -0.382 e. The van der Waals surface area contributed by atoms with Crippen molar-refractivity contribution in [1.29, 1.82) is 0 Å². The number of benzene rings is 1. The van der Waals surface area contributed by atoms with Crippen LogP contribution in [0.2, 0.25) is 0 Å². The second-order valence-corrected chi connectivity index (χ2v) is 5.36. The monoisotopic (exact) mass is 271 g/mol. The van der Waals surface area contributed by atoms with Crippen molar-refractivity contribution in [2.24, 2.45) is 0 Å². The average molecular weight is 271 g/mol. The zero-order chi connectivity index (χ0) is 13.8. The van der Waals surface area contributed by atoms with Gasteiger partial charge in [0.2, 0.25) is 0 Å². The fraction of sp³-hybridized carbons (Fsp3) is 0.438. The van der Waals surface area contributed by atoms with E-state index in [1.807, 2.05) is 18.2 Å². The number of aromatic amines is 1. The first-order valence-electron chi connectivity index (χ1n) is 7.34. The highest BCUT2D eigenvalue weighted by Gasteiger charge is 2.17. The average Bonchev–Trinajstić information content (AvgIpc) is 2.88. The van der Waals surface area contributed by atoms with Crippen molar-refractivity contribution in [1.82, 2.24) is 10.2 Å². The topological polar surface area (TPSA) is 63.9 Å². The van der Waals surface area contributed by atoms with Crippen molar-refractivity contribution < 1.29 is 4.74 Å². The number of ether oxygens (including phenoxy) is 1. The number of nitrogens with one attached hydrogen (secondary N) is 1. The zero-order valence-corrected chi connectivity index (χ0v) is 11.6. The van der Waals surface area contributed by atoms with E-state index in [1.165, 1.54) is 19.3 Å². The lowest BCUT2D eigenvalue weighted by molar-refractivity contribution is 0.0114. The highest BCUT2D eigenvalue weighted by atomic mass is 16.5. The van der Waals surface area contributed by atoms with Gasteiger partial charge in [0.1, 0.15) is 0 Å². The standard InChI is InChI=1S/C16H21N3O/c17-16-15(12-6-2-1-3-7-12)14(18-19-16)10-9-13-8-4-5-11-20-13/h1-3,6-7,13H,4-5,8-11H2,(H3,17,18,19). The van der Waals surface area contributed by atoms with Crippen LogP contribution in [0.3, 0.4) is 0 Å². The Balaban J connectivity index is 1.74. The molecule has 1 aliphatic rings. The Morgan fingerprint density at radius 1 is 1.25 bits per heavy atom. The number of nitrogens with two attached hydrogens (primary N) is 1. The summed E-state index contributed by atoms with van der Waals surface area (Å²) in [5.41, 5.74) is 9.29. The van der Waals surface area contributed by atoms with E-state index < -0.39 is 0 Å². The fourth-order valence-electron chi connectivity index (χ4n) is 2.84. The van der Waals surface area contributed by atoms with Gasteiger partial charge in [-0.2, -0.15) is 5.10 Å². The number of hydrogen-bond donors (Lipinski definition) is 2. The third-order valence-electron chi connectivity index (χ3n) is 3.92. The zero-order valence-electron chi connectivity index (χ0n) is 11.6. The number of H-pyrrole nitrogens is 1. The summed E-state index contributed by atoms with van der Waals surface area (Å²) < 4.78 is 5.79. The van der Waals surface area contributed by atoms with Crippen LogP contribution in [0.5, 0.6) is 0 Å². The van der Waals surface area contributed by atoms with Crippen LogP contribution < -0.4 is 5.73 Å². The smallest absolute Gasteiger partial charge is 0.153 e. The summed E-state index contributed by atoms with van der Waals surface area (Å²) >= 11 is 0. The van der Waals surface area contributed by atoms with Gasteiger partial charge in [-0.05, 0) is 37.7 Å². The normalized spacial score (nSPS) is 19.1. The molecule has 1 saturated heterocycles. The molecule has 1 aromatic heterocycles. The summed E-state index contributed by atoms with van der Waals surface area (Å²) in [5, 5.41) is 7.25. The maximum atomic E-state index is 6.01. The number of rotatable bonds is 4. The van der Waals surface area contributed by atoms with Gasteiger partial charge < -0.3 is 10.5 Å². The van der Waals surface area contributed by atoms with Crippen LogP contribution >= 0.6 is 0 Å². The third-order valence-corrected chi connectivity index (χ3v) is 3.92. The molecule has 3 N–H and O–H groups in total. The van der Waals surface area contributed by atoms with Gasteiger partial charge in [0, 0.05) is 17.9 Å². The van der Waals surface area contributed by atoms with Crippen molar-refractivity contribution >= 4 is 5.82 Å². The van der Waals surface area contributed by atoms with Crippen LogP contribution in [-0.4, -0.2) is 22.9 Å². The molecule has 1 aliphatic heterocycles. The minimum atomic E-state index is 0.386. The molecule has 0 aliphatic carbocycles. The van der Waals surface area contributed by atoms with Crippen LogP contribution in [0, 0.1) is 0 Å². The van der Waals surface area contributed by atoms with E-state index in [1.54, 1.807) is 0 Å². The molecule has 1 atom stereocenters. The molecule has 2 heterocycles. The lowest BCUT2D eigenvalue weighted by atomic mass is 9.99. The van der Waals surface area contributed by atoms with E-state index in [4.69, 9.17) is 10.5 Å². The molecule has 0 spiro atoms. The molecule has 20 heavy (non-hydrogen) atoms. The maximum absolute atomic E-state index is 6.01. The van der Waals surface area contributed by atoms with Gasteiger partial charge >= 0.3 is 0 Å². The van der Waals surface area contributed by atoms with Crippen molar-refractivity contribution in [3.8, 4) is 11.1 Å². The molecule has 4 heteroatoms. The molecule has 2 aromatic rings. The van der Waals surface area contributed by atoms with Crippen molar-refractivity contribution in [2.75, 3.05) is 12.3 Å². The van der Waals surface area contributed by atoms with Gasteiger partial charge in [-0.3, -0.25) is 5.10 Å². The van der Waals surface area contributed by atoms with Crippen LogP contribution in [-0.2, 0) is 11.2 Å². The van der Waals surface area contributed by atoms with Gasteiger partial charge in [-0.15, -0.1) is 0 Å². The first kappa shape index (κ1) is 13.2. The Morgan fingerprint density at radius 2 is 2.10 bits per heavy atom. The van der Waals surface area contributed by atoms with E-state index in [0.29, 0.717) is 11.9 Å². The number of aryl methyl sites for hydroxylation is 1. The van der Waals surface area contributed by atoms with Crippen LogP contribution in [0.1, 0.15) is 31.4 Å². The highest BCUT2D eigenvalue weighted by Crippen LogP contribution is 2.29. The third kappa shape index (κ3) is 2.85. The Kier molecular flexibility index (Phi) is 4.02. The number of anilines is 1. The predicted molar refractivity (Wildman–Crippen MR) is 80.3 cm³/mol. The fourth-order valence-corrected chi connectivity index (χ4v) is 2.84. The van der Waals surface area contributed by atoms with Crippen LogP contribution in [0.4, 0.5) is 5.82 Å². The van der Waals surface area contributed by atoms with Gasteiger partial charge in [-0.1, -0.05) is 30.3 Å². The molecule has 1 aromatic carbocycles. The van der Waals surface area contributed by atoms with E-state index in [0.717, 1.165) is 36.3 Å². The quantitative estimate of drug-likeness (QED) is 0.897. The summed E-state index contributed by atoms with van der Waals surface area (Å²) in [4.78, 5) is 0. The van der Waals surface area contributed by atoms with Crippen molar-refractivity contribution in [3.05, 3.63) is 36.0 Å². The predicted octanol–water partition coefficient (Wildman–Crippen LogP) is 3.16. The molecule has 0 amide bonds.